The Morgan fingerprint density at radius 2 is 1.66 bits per heavy atom. The van der Waals surface area contributed by atoms with Gasteiger partial charge in [-0.1, -0.05) is 41.6 Å². The number of terminal acetylenes is 1. The number of rotatable bonds is 5. The Morgan fingerprint density at radius 1 is 1.00 bits per heavy atom. The number of aldehydes is 1. The zero-order chi connectivity index (χ0) is 23.3. The molecule has 0 unspecified atom stereocenters. The lowest BCUT2D eigenvalue weighted by atomic mass is 9.99. The van der Waals surface area contributed by atoms with Crippen molar-refractivity contribution >= 4 is 17.6 Å². The number of hydrogen-bond acceptors (Lipinski definition) is 8. The second-order valence-corrected chi connectivity index (χ2v) is 6.43. The molecule has 3 aromatic rings. The average Bonchev–Trinajstić information content (AvgIpc) is 3.36. The number of carbonyl (C=O) groups excluding carboxylic acids is 1. The third-order valence-corrected chi connectivity index (χ3v) is 4.36. The molecule has 1 aliphatic heterocycles. The molecule has 1 aliphatic rings. The maximum Gasteiger partial charge on any atom is 0.248 e. The molecule has 2 heterocycles. The van der Waals surface area contributed by atoms with Crippen molar-refractivity contribution in [1.82, 2.24) is 10.2 Å². The third-order valence-electron chi connectivity index (χ3n) is 4.36. The first-order valence-electron chi connectivity index (χ1n) is 9.75. The van der Waals surface area contributed by atoms with E-state index in [4.69, 9.17) is 19.8 Å². The number of nitrogens with two attached hydrogens (primary N) is 2. The fourth-order valence-corrected chi connectivity index (χ4v) is 2.80. The van der Waals surface area contributed by atoms with Gasteiger partial charge in [-0.25, -0.2) is 0 Å². The van der Waals surface area contributed by atoms with E-state index in [1.807, 2.05) is 61.5 Å². The number of oxime groups is 1. The molecule has 1 aromatic heterocycles. The molecule has 164 valence electrons. The molecule has 8 heteroatoms. The molecular formula is C24H25N5O3. The van der Waals surface area contributed by atoms with Gasteiger partial charge in [0.2, 0.25) is 11.8 Å². The van der Waals surface area contributed by atoms with Crippen LogP contribution in [0.1, 0.15) is 30.4 Å². The van der Waals surface area contributed by atoms with Crippen LogP contribution >= 0.6 is 0 Å². The van der Waals surface area contributed by atoms with Crippen LogP contribution in [-0.2, 0) is 16.2 Å². The van der Waals surface area contributed by atoms with Crippen molar-refractivity contribution in [1.29, 1.82) is 0 Å². The standard InChI is InChI=1S/C20H18N4O2.C2H5NO.C2H2/c1-13-17(20-23-22-19(25-20)15-7-3-2-4-8-15)11-18(24-26-13)16-9-5-6-14(10-16)12-21;3-1-2-4;1-2/h2-10H,11-12,21H2,1H3;2H,1,3H2;1-2H. The van der Waals surface area contributed by atoms with Gasteiger partial charge < -0.3 is 25.5 Å². The Hall–Kier alpha value is -4.06. The zero-order valence-corrected chi connectivity index (χ0v) is 17.8. The number of benzene rings is 2. The first-order valence-corrected chi connectivity index (χ1v) is 9.75. The number of allylic oxidation sites excluding steroid dienone is 2. The highest BCUT2D eigenvalue weighted by atomic mass is 16.6. The van der Waals surface area contributed by atoms with Gasteiger partial charge in [-0.3, -0.25) is 0 Å². The molecule has 32 heavy (non-hydrogen) atoms. The molecule has 0 fully saturated rings. The van der Waals surface area contributed by atoms with Gasteiger partial charge in [0.25, 0.3) is 0 Å². The van der Waals surface area contributed by atoms with Crippen molar-refractivity contribution < 1.29 is 14.0 Å². The molecule has 2 aromatic carbocycles. The molecule has 0 saturated carbocycles. The SMILES string of the molecule is C#C.CC1=C(c2nnc(-c3ccccc3)o2)CC(c2cccc(CN)c2)=NO1.NCC=O. The second-order valence-electron chi connectivity index (χ2n) is 6.43. The van der Waals surface area contributed by atoms with Gasteiger partial charge in [0.05, 0.1) is 11.3 Å². The van der Waals surface area contributed by atoms with Crippen LogP contribution in [0.5, 0.6) is 0 Å². The lowest BCUT2D eigenvalue weighted by Crippen LogP contribution is -2.11. The van der Waals surface area contributed by atoms with Gasteiger partial charge >= 0.3 is 0 Å². The largest absolute Gasteiger partial charge is 0.416 e. The van der Waals surface area contributed by atoms with E-state index in [9.17, 15) is 0 Å². The summed E-state index contributed by atoms with van der Waals surface area (Å²) in [4.78, 5) is 14.6. The Bertz CT molecular complexity index is 1100. The predicted molar refractivity (Wildman–Crippen MR) is 124 cm³/mol. The lowest BCUT2D eigenvalue weighted by molar-refractivity contribution is -0.106. The fourth-order valence-electron chi connectivity index (χ4n) is 2.80. The quantitative estimate of drug-likeness (QED) is 0.469. The summed E-state index contributed by atoms with van der Waals surface area (Å²) in [6.07, 6.45) is 9.20. The van der Waals surface area contributed by atoms with Gasteiger partial charge in [-0.05, 0) is 36.2 Å². The summed E-state index contributed by atoms with van der Waals surface area (Å²) in [5.74, 6) is 1.59. The van der Waals surface area contributed by atoms with E-state index in [-0.39, 0.29) is 6.54 Å². The normalized spacial score (nSPS) is 12.3. The van der Waals surface area contributed by atoms with Gasteiger partial charge in [0, 0.05) is 25.1 Å². The average molecular weight is 431 g/mol. The van der Waals surface area contributed by atoms with Gasteiger partial charge in [0.1, 0.15) is 12.0 Å². The fraction of sp³-hybridized carbons (Fsp3) is 0.167. The van der Waals surface area contributed by atoms with E-state index in [2.05, 4.69) is 33.9 Å². The molecule has 0 atom stereocenters. The van der Waals surface area contributed by atoms with Crippen molar-refractivity contribution in [2.45, 2.75) is 19.9 Å². The number of aromatic nitrogens is 2. The number of nitrogens with zero attached hydrogens (tertiary/aromatic N) is 3. The second kappa shape index (κ2) is 12.6. The summed E-state index contributed by atoms with van der Waals surface area (Å²) in [6, 6.07) is 17.6. The van der Waals surface area contributed by atoms with Crippen LogP contribution in [0.15, 0.2) is 69.9 Å². The van der Waals surface area contributed by atoms with Crippen LogP contribution in [0.25, 0.3) is 17.0 Å². The maximum atomic E-state index is 9.05. The number of carbonyl (C=O) groups is 1. The van der Waals surface area contributed by atoms with Crippen LogP contribution < -0.4 is 11.5 Å². The van der Waals surface area contributed by atoms with Gasteiger partial charge in [-0.15, -0.1) is 23.0 Å². The predicted octanol–water partition coefficient (Wildman–Crippen LogP) is 3.14. The summed E-state index contributed by atoms with van der Waals surface area (Å²) in [7, 11) is 0. The van der Waals surface area contributed by atoms with Crippen LogP contribution in [0.2, 0.25) is 0 Å². The molecule has 0 spiro atoms. The highest BCUT2D eigenvalue weighted by Gasteiger charge is 2.23. The Kier molecular flexibility index (Phi) is 9.53. The molecule has 0 bridgehead atoms. The van der Waals surface area contributed by atoms with Crippen molar-refractivity contribution in [3.05, 3.63) is 77.4 Å². The zero-order valence-electron chi connectivity index (χ0n) is 17.8. The smallest absolute Gasteiger partial charge is 0.248 e. The van der Waals surface area contributed by atoms with Crippen LogP contribution in [0, 0.1) is 12.8 Å². The Balaban J connectivity index is 0.000000547. The van der Waals surface area contributed by atoms with E-state index in [1.165, 1.54) is 0 Å². The topological polar surface area (TPSA) is 130 Å². The highest BCUT2D eigenvalue weighted by molar-refractivity contribution is 6.06. The molecule has 0 aliphatic carbocycles. The van der Waals surface area contributed by atoms with E-state index in [0.717, 1.165) is 28.0 Å². The third kappa shape index (κ3) is 6.22. The van der Waals surface area contributed by atoms with Gasteiger partial charge in [-0.2, -0.15) is 0 Å². The van der Waals surface area contributed by atoms with E-state index in [0.29, 0.717) is 36.8 Å². The van der Waals surface area contributed by atoms with E-state index in [1.54, 1.807) is 0 Å². The summed E-state index contributed by atoms with van der Waals surface area (Å²) in [5.41, 5.74) is 14.9. The molecule has 4 rings (SSSR count). The Labute approximate surface area is 187 Å². The maximum absolute atomic E-state index is 9.05. The Morgan fingerprint density at radius 3 is 2.31 bits per heavy atom. The molecular weight excluding hydrogens is 406 g/mol. The van der Waals surface area contributed by atoms with Crippen molar-refractivity contribution in [3.63, 3.8) is 0 Å². The van der Waals surface area contributed by atoms with Crippen molar-refractivity contribution in [3.8, 4) is 24.3 Å². The van der Waals surface area contributed by atoms with Crippen LogP contribution in [-0.4, -0.2) is 28.7 Å². The molecule has 0 amide bonds. The lowest BCUT2D eigenvalue weighted by Gasteiger charge is -2.15. The summed E-state index contributed by atoms with van der Waals surface area (Å²) in [6.45, 7) is 2.46. The first-order chi connectivity index (χ1) is 15.7. The molecule has 0 radical (unpaired) electrons. The van der Waals surface area contributed by atoms with Crippen molar-refractivity contribution in [2.24, 2.45) is 16.6 Å². The van der Waals surface area contributed by atoms with Crippen LogP contribution in [0.4, 0.5) is 0 Å². The molecule has 0 saturated heterocycles. The van der Waals surface area contributed by atoms with Crippen LogP contribution in [0.3, 0.4) is 0 Å². The molecule has 8 nitrogen and oxygen atoms in total. The monoisotopic (exact) mass is 431 g/mol. The van der Waals surface area contributed by atoms with E-state index < -0.39 is 0 Å². The van der Waals surface area contributed by atoms with E-state index >= 15 is 0 Å². The number of hydrogen-bond donors (Lipinski definition) is 2. The minimum atomic E-state index is 0.139. The molecule has 4 N–H and O–H groups in total. The summed E-state index contributed by atoms with van der Waals surface area (Å²) < 4.78 is 5.87. The summed E-state index contributed by atoms with van der Waals surface area (Å²) >= 11 is 0. The first kappa shape index (κ1) is 24.2. The highest BCUT2D eigenvalue weighted by Crippen LogP contribution is 2.30. The minimum Gasteiger partial charge on any atom is -0.416 e. The van der Waals surface area contributed by atoms with Crippen molar-refractivity contribution in [2.75, 3.05) is 6.54 Å². The summed E-state index contributed by atoms with van der Waals surface area (Å²) in [5, 5.41) is 12.6. The minimum absolute atomic E-state index is 0.139. The van der Waals surface area contributed by atoms with Gasteiger partial charge in [0.15, 0.2) is 0 Å².